The summed E-state index contributed by atoms with van der Waals surface area (Å²) in [5.41, 5.74) is 0.861. The second kappa shape index (κ2) is 9.57. The van der Waals surface area contributed by atoms with E-state index in [9.17, 15) is 14.4 Å². The van der Waals surface area contributed by atoms with Gasteiger partial charge in [-0.25, -0.2) is 0 Å². The molecule has 7 heteroatoms. The Morgan fingerprint density at radius 2 is 2.00 bits per heavy atom. The molecule has 142 valence electrons. The molecule has 2 rings (SSSR count). The summed E-state index contributed by atoms with van der Waals surface area (Å²) in [6.45, 7) is 0.530. The van der Waals surface area contributed by atoms with Crippen LogP contribution in [0.25, 0.3) is 0 Å². The first kappa shape index (κ1) is 20.2. The first-order valence-corrected chi connectivity index (χ1v) is 9.28. The number of nitrogens with zero attached hydrogens (tertiary/aromatic N) is 1. The molecule has 2 N–H and O–H groups in total. The van der Waals surface area contributed by atoms with Crippen molar-refractivity contribution in [3.63, 3.8) is 0 Å². The van der Waals surface area contributed by atoms with E-state index in [1.165, 1.54) is 0 Å². The number of likely N-dealkylation sites (tertiary alicyclic amines) is 1. The Labute approximate surface area is 158 Å². The maximum atomic E-state index is 12.6. The zero-order valence-corrected chi connectivity index (χ0v) is 15.7. The lowest BCUT2D eigenvalue weighted by atomic mass is 9.93. The normalized spacial score (nSPS) is 19.6. The second-order valence-corrected chi connectivity index (χ2v) is 7.10. The summed E-state index contributed by atoms with van der Waals surface area (Å²) in [5, 5.41) is 12.1. The van der Waals surface area contributed by atoms with Crippen molar-refractivity contribution in [2.75, 3.05) is 13.6 Å². The highest BCUT2D eigenvalue weighted by Crippen LogP contribution is 2.37. The molecule has 1 aliphatic rings. The molecule has 0 aromatic heterocycles. The zero-order chi connectivity index (χ0) is 19.1. The number of amides is 2. The quantitative estimate of drug-likeness (QED) is 0.645. The van der Waals surface area contributed by atoms with Crippen molar-refractivity contribution in [1.82, 2.24) is 10.2 Å². The molecule has 1 heterocycles. The van der Waals surface area contributed by atoms with Crippen LogP contribution >= 0.6 is 11.6 Å². The average molecular weight is 381 g/mol. The van der Waals surface area contributed by atoms with Crippen LogP contribution in [0.15, 0.2) is 24.3 Å². The lowest BCUT2D eigenvalue weighted by molar-refractivity contribution is -0.137. The molecule has 2 amide bonds. The van der Waals surface area contributed by atoms with Gasteiger partial charge in [0.25, 0.3) is 0 Å². The number of hydrogen-bond donors (Lipinski definition) is 2. The molecule has 1 aromatic carbocycles. The van der Waals surface area contributed by atoms with Crippen LogP contribution in [0.4, 0.5) is 0 Å². The van der Waals surface area contributed by atoms with Gasteiger partial charge < -0.3 is 15.3 Å². The van der Waals surface area contributed by atoms with E-state index in [0.29, 0.717) is 18.0 Å². The smallest absolute Gasteiger partial charge is 0.303 e. The molecule has 1 aromatic rings. The number of carbonyl (C=O) groups is 3. The highest BCUT2D eigenvalue weighted by Gasteiger charge is 2.42. The summed E-state index contributed by atoms with van der Waals surface area (Å²) in [6.07, 6.45) is 3.53. The Balaban J connectivity index is 1.86. The SMILES string of the molecule is CN1C(=O)CC(C(=O)NCCCCCCC(=O)O)C1c1cccc(Cl)c1. The van der Waals surface area contributed by atoms with Crippen molar-refractivity contribution < 1.29 is 19.5 Å². The molecular formula is C19H25ClN2O4. The van der Waals surface area contributed by atoms with Gasteiger partial charge in [0, 0.05) is 31.5 Å². The third-order valence-corrected chi connectivity index (χ3v) is 4.97. The lowest BCUT2D eigenvalue weighted by Crippen LogP contribution is -2.35. The highest BCUT2D eigenvalue weighted by molar-refractivity contribution is 6.30. The van der Waals surface area contributed by atoms with Gasteiger partial charge in [0.1, 0.15) is 0 Å². The van der Waals surface area contributed by atoms with Crippen LogP contribution in [0.1, 0.15) is 50.1 Å². The fraction of sp³-hybridized carbons (Fsp3) is 0.526. The van der Waals surface area contributed by atoms with E-state index in [4.69, 9.17) is 16.7 Å². The van der Waals surface area contributed by atoms with E-state index >= 15 is 0 Å². The molecule has 1 fully saturated rings. The maximum Gasteiger partial charge on any atom is 0.303 e. The van der Waals surface area contributed by atoms with Crippen LogP contribution in [-0.2, 0) is 14.4 Å². The lowest BCUT2D eigenvalue weighted by Gasteiger charge is -2.25. The van der Waals surface area contributed by atoms with Gasteiger partial charge >= 0.3 is 5.97 Å². The molecule has 2 atom stereocenters. The number of nitrogens with one attached hydrogen (secondary N) is 1. The minimum atomic E-state index is -0.777. The van der Waals surface area contributed by atoms with Gasteiger partial charge in [-0.05, 0) is 30.5 Å². The van der Waals surface area contributed by atoms with Gasteiger partial charge in [-0.2, -0.15) is 0 Å². The predicted octanol–water partition coefficient (Wildman–Crippen LogP) is 3.01. The number of hydrogen-bond acceptors (Lipinski definition) is 3. The van der Waals surface area contributed by atoms with Gasteiger partial charge in [-0.15, -0.1) is 0 Å². The minimum absolute atomic E-state index is 0.0520. The Kier molecular flexibility index (Phi) is 7.45. The Morgan fingerprint density at radius 3 is 2.69 bits per heavy atom. The van der Waals surface area contributed by atoms with E-state index in [0.717, 1.165) is 24.8 Å². The Morgan fingerprint density at radius 1 is 1.27 bits per heavy atom. The first-order chi connectivity index (χ1) is 12.4. The number of aliphatic carboxylic acids is 1. The topological polar surface area (TPSA) is 86.7 Å². The third-order valence-electron chi connectivity index (χ3n) is 4.73. The molecule has 0 aliphatic carbocycles. The van der Waals surface area contributed by atoms with Crippen LogP contribution in [-0.4, -0.2) is 41.4 Å². The maximum absolute atomic E-state index is 12.6. The molecule has 0 saturated carbocycles. The number of carboxylic acids is 1. The second-order valence-electron chi connectivity index (χ2n) is 6.66. The molecule has 0 spiro atoms. The molecule has 6 nitrogen and oxygen atoms in total. The third kappa shape index (κ3) is 5.46. The van der Waals surface area contributed by atoms with Crippen molar-refractivity contribution in [2.45, 2.75) is 44.6 Å². The summed E-state index contributed by atoms with van der Waals surface area (Å²) in [7, 11) is 1.71. The van der Waals surface area contributed by atoms with Crippen molar-refractivity contribution in [3.8, 4) is 0 Å². The van der Waals surface area contributed by atoms with Crippen molar-refractivity contribution in [3.05, 3.63) is 34.9 Å². The van der Waals surface area contributed by atoms with E-state index in [1.54, 1.807) is 24.1 Å². The van der Waals surface area contributed by atoms with Crippen LogP contribution < -0.4 is 5.32 Å². The largest absolute Gasteiger partial charge is 0.481 e. The highest BCUT2D eigenvalue weighted by atomic mass is 35.5. The molecule has 0 bridgehead atoms. The molecule has 0 radical (unpaired) electrons. The monoisotopic (exact) mass is 380 g/mol. The summed E-state index contributed by atoms with van der Waals surface area (Å²) in [4.78, 5) is 36.8. The molecule has 26 heavy (non-hydrogen) atoms. The fourth-order valence-corrected chi connectivity index (χ4v) is 3.55. The van der Waals surface area contributed by atoms with E-state index < -0.39 is 11.9 Å². The summed E-state index contributed by atoms with van der Waals surface area (Å²) >= 11 is 6.06. The molecule has 1 aliphatic heterocycles. The van der Waals surface area contributed by atoms with Crippen LogP contribution in [0, 0.1) is 5.92 Å². The Bertz CT molecular complexity index is 665. The van der Waals surface area contributed by atoms with Crippen LogP contribution in [0.5, 0.6) is 0 Å². The number of halogens is 1. The number of carbonyl (C=O) groups excluding carboxylic acids is 2. The number of carboxylic acid groups (broad SMARTS) is 1. The zero-order valence-electron chi connectivity index (χ0n) is 14.9. The Hall–Kier alpha value is -2.08. The average Bonchev–Trinajstić information content (AvgIpc) is 2.89. The molecule has 2 unspecified atom stereocenters. The van der Waals surface area contributed by atoms with E-state index in [1.807, 2.05) is 12.1 Å². The standard InChI is InChI=1S/C19H25ClN2O4/c1-22-16(23)12-15(18(22)13-7-6-8-14(20)11-13)19(26)21-10-5-3-2-4-9-17(24)25/h6-8,11,15,18H,2-5,9-10,12H2,1H3,(H,21,26)(H,24,25). The number of rotatable bonds is 9. The van der Waals surface area contributed by atoms with Crippen molar-refractivity contribution >= 4 is 29.4 Å². The van der Waals surface area contributed by atoms with Crippen LogP contribution in [0.3, 0.4) is 0 Å². The van der Waals surface area contributed by atoms with Gasteiger partial charge in [0.15, 0.2) is 0 Å². The van der Waals surface area contributed by atoms with Crippen LogP contribution in [0.2, 0.25) is 5.02 Å². The van der Waals surface area contributed by atoms with E-state index in [2.05, 4.69) is 5.32 Å². The predicted molar refractivity (Wildman–Crippen MR) is 98.8 cm³/mol. The first-order valence-electron chi connectivity index (χ1n) is 8.90. The summed E-state index contributed by atoms with van der Waals surface area (Å²) in [5.74, 6) is -1.39. The number of benzene rings is 1. The van der Waals surface area contributed by atoms with Crippen molar-refractivity contribution in [2.24, 2.45) is 5.92 Å². The van der Waals surface area contributed by atoms with E-state index in [-0.39, 0.29) is 30.7 Å². The van der Waals surface area contributed by atoms with Gasteiger partial charge in [0.2, 0.25) is 11.8 Å². The van der Waals surface area contributed by atoms with Crippen molar-refractivity contribution in [1.29, 1.82) is 0 Å². The molecular weight excluding hydrogens is 356 g/mol. The summed E-state index contributed by atoms with van der Waals surface area (Å²) in [6, 6.07) is 6.96. The van der Waals surface area contributed by atoms with Gasteiger partial charge in [-0.3, -0.25) is 14.4 Å². The summed E-state index contributed by atoms with van der Waals surface area (Å²) < 4.78 is 0. The molecule has 1 saturated heterocycles. The van der Waals surface area contributed by atoms with Gasteiger partial charge in [-0.1, -0.05) is 36.6 Å². The fourth-order valence-electron chi connectivity index (χ4n) is 3.35. The minimum Gasteiger partial charge on any atom is -0.481 e. The number of unbranched alkanes of at least 4 members (excludes halogenated alkanes) is 3. The van der Waals surface area contributed by atoms with Gasteiger partial charge in [0.05, 0.1) is 12.0 Å².